The van der Waals surface area contributed by atoms with Crippen molar-refractivity contribution < 1.29 is 14.3 Å². The van der Waals surface area contributed by atoms with Gasteiger partial charge in [0.15, 0.2) is 0 Å². The summed E-state index contributed by atoms with van der Waals surface area (Å²) >= 11 is 11.9. The van der Waals surface area contributed by atoms with Crippen LogP contribution < -0.4 is 16.2 Å². The van der Waals surface area contributed by atoms with Crippen LogP contribution in [0.5, 0.6) is 5.75 Å². The molecule has 0 aliphatic rings. The van der Waals surface area contributed by atoms with Gasteiger partial charge in [-0.25, -0.2) is 18.9 Å². The number of urea groups is 1. The zero-order valence-corrected chi connectivity index (χ0v) is 19.7. The van der Waals surface area contributed by atoms with Crippen molar-refractivity contribution >= 4 is 40.6 Å². The molecule has 35 heavy (non-hydrogen) atoms. The van der Waals surface area contributed by atoms with Crippen LogP contribution >= 0.6 is 23.2 Å². The predicted octanol–water partition coefficient (Wildman–Crippen LogP) is 5.79. The number of aryl methyl sites for hydroxylation is 1. The Bertz CT molecular complexity index is 1480. The molecule has 2 aromatic carbocycles. The average Bonchev–Trinajstić information content (AvgIpc) is 2.84. The van der Waals surface area contributed by atoms with Gasteiger partial charge < -0.3 is 15.7 Å². The molecule has 2 aromatic heterocycles. The summed E-state index contributed by atoms with van der Waals surface area (Å²) < 4.78 is 16.0. The number of nitrogens with one attached hydrogen (secondary N) is 2. The molecule has 0 atom stereocenters. The molecule has 4 rings (SSSR count). The number of aromatic nitrogens is 3. The summed E-state index contributed by atoms with van der Waals surface area (Å²) in [5, 5.41) is 20.0. The lowest BCUT2D eigenvalue weighted by atomic mass is 9.99. The van der Waals surface area contributed by atoms with Crippen LogP contribution in [0.15, 0.2) is 65.6 Å². The first kappa shape index (κ1) is 24.2. The summed E-state index contributed by atoms with van der Waals surface area (Å²) in [6, 6.07) is 13.4. The number of rotatable bonds is 5. The van der Waals surface area contributed by atoms with Gasteiger partial charge in [-0.3, -0.25) is 4.79 Å². The van der Waals surface area contributed by atoms with Gasteiger partial charge in [0.1, 0.15) is 27.4 Å². The van der Waals surface area contributed by atoms with E-state index < -0.39 is 17.4 Å². The maximum Gasteiger partial charge on any atom is 0.323 e. The Morgan fingerprint density at radius 1 is 1.09 bits per heavy atom. The summed E-state index contributed by atoms with van der Waals surface area (Å²) in [7, 11) is 0. The lowest BCUT2D eigenvalue weighted by Gasteiger charge is -2.14. The van der Waals surface area contributed by atoms with Crippen molar-refractivity contribution in [1.29, 1.82) is 0 Å². The summed E-state index contributed by atoms with van der Waals surface area (Å²) in [5.74, 6) is -1.09. The minimum Gasteiger partial charge on any atom is -0.506 e. The molecule has 0 radical (unpaired) electrons. The van der Waals surface area contributed by atoms with E-state index >= 15 is 0 Å². The Morgan fingerprint density at radius 2 is 1.80 bits per heavy atom. The van der Waals surface area contributed by atoms with E-state index in [2.05, 4.69) is 20.7 Å². The van der Waals surface area contributed by atoms with Crippen molar-refractivity contribution in [3.8, 4) is 28.1 Å². The first-order chi connectivity index (χ1) is 16.8. The number of hydrogen-bond donors (Lipinski definition) is 3. The second-order valence-corrected chi connectivity index (χ2v) is 8.03. The number of carbonyl (C=O) groups is 1. The maximum absolute atomic E-state index is 14.9. The number of carbonyl (C=O) groups excluding carboxylic acids is 1. The van der Waals surface area contributed by atoms with E-state index in [-0.39, 0.29) is 45.1 Å². The first-order valence-electron chi connectivity index (χ1n) is 10.4. The minimum atomic E-state index is -0.797. The Kier molecular flexibility index (Phi) is 6.99. The molecule has 3 N–H and O–H groups in total. The molecule has 0 unspecified atom stereocenters. The minimum absolute atomic E-state index is 0.00625. The van der Waals surface area contributed by atoms with Gasteiger partial charge in [0.25, 0.3) is 5.56 Å². The SMILES string of the molecule is CCn1nc(-c2c(F)ccc(-c3ccccc3)c2O)cc(NC(=O)Nc2ccnc(Cl)c2Cl)c1=O. The molecule has 178 valence electrons. The van der Waals surface area contributed by atoms with Crippen LogP contribution in [0.1, 0.15) is 6.92 Å². The molecule has 0 fully saturated rings. The smallest absolute Gasteiger partial charge is 0.323 e. The van der Waals surface area contributed by atoms with Crippen LogP contribution in [0.25, 0.3) is 22.4 Å². The number of phenolic OH excluding ortho intramolecular Hbond substituents is 1. The largest absolute Gasteiger partial charge is 0.506 e. The first-order valence-corrected chi connectivity index (χ1v) is 11.1. The maximum atomic E-state index is 14.9. The Morgan fingerprint density at radius 3 is 2.51 bits per heavy atom. The zero-order valence-electron chi connectivity index (χ0n) is 18.2. The van der Waals surface area contributed by atoms with Crippen LogP contribution in [0.3, 0.4) is 0 Å². The van der Waals surface area contributed by atoms with Crippen molar-refractivity contribution in [3.63, 3.8) is 0 Å². The number of aromatic hydroxyl groups is 1. The van der Waals surface area contributed by atoms with Crippen molar-refractivity contribution in [2.75, 3.05) is 10.6 Å². The molecule has 2 heterocycles. The molecule has 0 saturated carbocycles. The van der Waals surface area contributed by atoms with Gasteiger partial charge in [-0.15, -0.1) is 0 Å². The lowest BCUT2D eigenvalue weighted by molar-refractivity contribution is 0.262. The number of halogens is 3. The highest BCUT2D eigenvalue weighted by atomic mass is 35.5. The van der Waals surface area contributed by atoms with E-state index in [4.69, 9.17) is 23.2 Å². The topological polar surface area (TPSA) is 109 Å². The van der Waals surface area contributed by atoms with Crippen molar-refractivity contribution in [2.45, 2.75) is 13.5 Å². The number of pyridine rings is 1. The third-order valence-corrected chi connectivity index (χ3v) is 5.85. The highest BCUT2D eigenvalue weighted by molar-refractivity contribution is 6.43. The standard InChI is InChI=1S/C24H18Cl2FN5O3/c1-2-32-23(34)18(30-24(35)29-16-10-11-28-22(26)20(16)25)12-17(31-32)19-15(27)9-8-14(21(19)33)13-6-4-3-5-7-13/h3-12,33H,2H2,1H3,(H2,28,29,30,35). The summed E-state index contributed by atoms with van der Waals surface area (Å²) in [6.07, 6.45) is 1.35. The molecule has 0 aliphatic heterocycles. The third kappa shape index (κ3) is 4.96. The van der Waals surface area contributed by atoms with E-state index in [1.54, 1.807) is 31.2 Å². The summed E-state index contributed by atoms with van der Waals surface area (Å²) in [4.78, 5) is 29.2. The number of hydrogen-bond acceptors (Lipinski definition) is 5. The van der Waals surface area contributed by atoms with Gasteiger partial charge in [-0.05, 0) is 36.8 Å². The van der Waals surface area contributed by atoms with Crippen LogP contribution in [-0.2, 0) is 6.54 Å². The molecular formula is C24H18Cl2FN5O3. The lowest BCUT2D eigenvalue weighted by Crippen LogP contribution is -2.29. The van der Waals surface area contributed by atoms with Gasteiger partial charge in [-0.2, -0.15) is 5.10 Å². The third-order valence-electron chi connectivity index (χ3n) is 5.08. The second-order valence-electron chi connectivity index (χ2n) is 7.29. The fourth-order valence-corrected chi connectivity index (χ4v) is 3.74. The molecule has 8 nitrogen and oxygen atoms in total. The van der Waals surface area contributed by atoms with Crippen LogP contribution in [0, 0.1) is 5.82 Å². The van der Waals surface area contributed by atoms with E-state index in [0.29, 0.717) is 11.1 Å². The number of benzene rings is 2. The fraction of sp³-hybridized carbons (Fsp3) is 0.0833. The molecule has 0 bridgehead atoms. The Labute approximate surface area is 209 Å². The molecule has 0 spiro atoms. The van der Waals surface area contributed by atoms with Gasteiger partial charge >= 0.3 is 6.03 Å². The Balaban J connectivity index is 1.75. The monoisotopic (exact) mass is 513 g/mol. The molecular weight excluding hydrogens is 496 g/mol. The number of amides is 2. The highest BCUT2D eigenvalue weighted by Gasteiger charge is 2.20. The molecule has 0 aliphatic carbocycles. The normalized spacial score (nSPS) is 10.7. The van der Waals surface area contributed by atoms with Gasteiger partial charge in [0, 0.05) is 18.3 Å². The van der Waals surface area contributed by atoms with Crippen LogP contribution in [-0.4, -0.2) is 25.9 Å². The molecule has 11 heteroatoms. The number of anilines is 2. The van der Waals surface area contributed by atoms with Crippen molar-refractivity contribution in [1.82, 2.24) is 14.8 Å². The molecule has 4 aromatic rings. The molecule has 2 amide bonds. The van der Waals surface area contributed by atoms with Crippen LogP contribution in [0.2, 0.25) is 10.2 Å². The van der Waals surface area contributed by atoms with E-state index in [0.717, 1.165) is 4.68 Å². The molecule has 0 saturated heterocycles. The van der Waals surface area contributed by atoms with Crippen molar-refractivity contribution in [2.24, 2.45) is 0 Å². The summed E-state index contributed by atoms with van der Waals surface area (Å²) in [6.45, 7) is 1.80. The van der Waals surface area contributed by atoms with E-state index in [1.807, 2.05) is 6.07 Å². The van der Waals surface area contributed by atoms with Gasteiger partial charge in [0.2, 0.25) is 0 Å². The fourth-order valence-electron chi connectivity index (χ4n) is 3.42. The summed E-state index contributed by atoms with van der Waals surface area (Å²) in [5.41, 5.74) is 0.170. The van der Waals surface area contributed by atoms with Gasteiger partial charge in [0.05, 0.1) is 16.9 Å². The number of phenols is 1. The highest BCUT2D eigenvalue weighted by Crippen LogP contribution is 2.39. The van der Waals surface area contributed by atoms with E-state index in [9.17, 15) is 19.1 Å². The van der Waals surface area contributed by atoms with Gasteiger partial charge in [-0.1, -0.05) is 53.5 Å². The predicted molar refractivity (Wildman–Crippen MR) is 134 cm³/mol. The van der Waals surface area contributed by atoms with Crippen molar-refractivity contribution in [3.05, 3.63) is 87.1 Å². The van der Waals surface area contributed by atoms with E-state index in [1.165, 1.54) is 30.5 Å². The van der Waals surface area contributed by atoms with Crippen LogP contribution in [0.4, 0.5) is 20.6 Å². The zero-order chi connectivity index (χ0) is 25.1. The number of nitrogens with zero attached hydrogens (tertiary/aromatic N) is 3. The Hall–Kier alpha value is -3.95. The quantitative estimate of drug-likeness (QED) is 0.292. The second kappa shape index (κ2) is 10.1. The average molecular weight is 514 g/mol.